The highest BCUT2D eigenvalue weighted by Gasteiger charge is 2.53. The molecule has 0 aliphatic carbocycles. The molecule has 0 bridgehead atoms. The average molecular weight is 443 g/mol. The molecule has 1 aromatic rings. The van der Waals surface area contributed by atoms with Crippen LogP contribution in [-0.4, -0.2) is 77.1 Å². The van der Waals surface area contributed by atoms with Crippen LogP contribution < -0.4 is 10.8 Å². The van der Waals surface area contributed by atoms with Gasteiger partial charge in [0.2, 0.25) is 10.0 Å². The van der Waals surface area contributed by atoms with Crippen LogP contribution in [0.5, 0.6) is 0 Å². The van der Waals surface area contributed by atoms with Crippen LogP contribution in [0.1, 0.15) is 36.2 Å². The Labute approximate surface area is 176 Å². The molecule has 2 aliphatic rings. The predicted octanol–water partition coefficient (Wildman–Crippen LogP) is -0.392. The number of hydroxylamine groups is 1. The lowest BCUT2D eigenvalue weighted by atomic mass is 9.93. The van der Waals surface area contributed by atoms with Gasteiger partial charge in [0.15, 0.2) is 5.60 Å². The van der Waals surface area contributed by atoms with Gasteiger partial charge in [-0.2, -0.15) is 0 Å². The van der Waals surface area contributed by atoms with Crippen molar-refractivity contribution in [2.24, 2.45) is 0 Å². The first-order chi connectivity index (χ1) is 14.2. The van der Waals surface area contributed by atoms with E-state index in [0.717, 1.165) is 17.0 Å². The summed E-state index contributed by atoms with van der Waals surface area (Å²) in [6.07, 6.45) is 1.05. The zero-order chi connectivity index (χ0) is 21.9. The first-order valence-corrected chi connectivity index (χ1v) is 11.6. The smallest absolute Gasteiger partial charge is 0.278 e. The largest absolute Gasteiger partial charge is 0.377 e. The maximum atomic E-state index is 13.2. The number of carbonyl (C=O) groups excluding carboxylic acids is 1. The minimum atomic E-state index is -3.94. The summed E-state index contributed by atoms with van der Waals surface area (Å²) < 4.78 is 33.6. The number of aliphatic hydroxyl groups is 1. The normalized spacial score (nSPS) is 26.5. The van der Waals surface area contributed by atoms with Crippen molar-refractivity contribution in [1.29, 1.82) is 0 Å². The summed E-state index contributed by atoms with van der Waals surface area (Å²) in [6.45, 7) is 4.91. The molecule has 0 saturated carbocycles. The quantitative estimate of drug-likeness (QED) is 0.345. The maximum absolute atomic E-state index is 13.2. The van der Waals surface area contributed by atoms with E-state index < -0.39 is 26.8 Å². The van der Waals surface area contributed by atoms with Gasteiger partial charge in [-0.25, -0.2) is 18.2 Å². The Morgan fingerprint density at radius 1 is 1.30 bits per heavy atom. The van der Waals surface area contributed by atoms with Crippen LogP contribution in [0.15, 0.2) is 12.1 Å². The summed E-state index contributed by atoms with van der Waals surface area (Å²) in [7, 11) is -3.94. The van der Waals surface area contributed by atoms with Gasteiger partial charge in [0.1, 0.15) is 5.25 Å². The Balaban J connectivity index is 1.61. The standard InChI is InChI=1S/C19H30N4O6S/c1-13-9-15(10-14(2)21-13)11-29-16-4-7-23(8-5-16)30(27,28)17-3-6-20-12-19(17,25)18(24)22-26/h9-10,16-17,20,25-26H,3-8,11-12H2,1-2H3,(H,22,24). The summed E-state index contributed by atoms with van der Waals surface area (Å²) in [5.41, 5.74) is 2.05. The van der Waals surface area contributed by atoms with Crippen molar-refractivity contribution in [2.45, 2.75) is 56.7 Å². The molecule has 3 rings (SSSR count). The second-order valence-electron chi connectivity index (χ2n) is 8.03. The molecule has 2 aliphatic heterocycles. The lowest BCUT2D eigenvalue weighted by Gasteiger charge is -2.41. The number of sulfonamides is 1. The fraction of sp³-hybridized carbons (Fsp3) is 0.684. The Bertz CT molecular complexity index is 852. The molecule has 0 spiro atoms. The third kappa shape index (κ3) is 4.82. The summed E-state index contributed by atoms with van der Waals surface area (Å²) in [5, 5.41) is 21.1. The highest BCUT2D eigenvalue weighted by molar-refractivity contribution is 7.89. The van der Waals surface area contributed by atoms with Gasteiger partial charge in [0, 0.05) is 31.0 Å². The third-order valence-corrected chi connectivity index (χ3v) is 8.18. The number of pyridine rings is 1. The fourth-order valence-electron chi connectivity index (χ4n) is 4.23. The van der Waals surface area contributed by atoms with Crippen molar-refractivity contribution in [1.82, 2.24) is 20.1 Å². The molecule has 0 aromatic carbocycles. The molecule has 3 heterocycles. The first-order valence-electron chi connectivity index (χ1n) is 10.1. The van der Waals surface area contributed by atoms with Gasteiger partial charge in [-0.05, 0) is 57.4 Å². The third-order valence-electron chi connectivity index (χ3n) is 5.75. The molecule has 2 atom stereocenters. The molecule has 4 N–H and O–H groups in total. The van der Waals surface area contributed by atoms with E-state index in [9.17, 15) is 18.3 Å². The van der Waals surface area contributed by atoms with Gasteiger partial charge >= 0.3 is 0 Å². The topological polar surface area (TPSA) is 141 Å². The lowest BCUT2D eigenvalue weighted by molar-refractivity contribution is -0.150. The van der Waals surface area contributed by atoms with Gasteiger partial charge in [-0.1, -0.05) is 0 Å². The number of piperidine rings is 2. The van der Waals surface area contributed by atoms with Gasteiger partial charge in [-0.15, -0.1) is 0 Å². The van der Waals surface area contributed by atoms with Crippen LogP contribution >= 0.6 is 0 Å². The number of hydrogen-bond donors (Lipinski definition) is 4. The molecule has 1 amide bonds. The summed E-state index contributed by atoms with van der Waals surface area (Å²) >= 11 is 0. The van der Waals surface area contributed by atoms with E-state index in [1.54, 1.807) is 0 Å². The van der Waals surface area contributed by atoms with E-state index in [-0.39, 0.29) is 32.2 Å². The predicted molar refractivity (Wildman–Crippen MR) is 108 cm³/mol. The van der Waals surface area contributed by atoms with Gasteiger partial charge < -0.3 is 15.2 Å². The SMILES string of the molecule is Cc1cc(COC2CCN(S(=O)(=O)C3CCNCC3(O)C(=O)NO)CC2)cc(C)n1. The van der Waals surface area contributed by atoms with Crippen LogP contribution in [0.25, 0.3) is 0 Å². The zero-order valence-electron chi connectivity index (χ0n) is 17.3. The monoisotopic (exact) mass is 442 g/mol. The second-order valence-corrected chi connectivity index (χ2v) is 10.1. The van der Waals surface area contributed by atoms with Crippen molar-refractivity contribution in [3.05, 3.63) is 29.1 Å². The molecule has 2 fully saturated rings. The Hall–Kier alpha value is -1.63. The molecule has 30 heavy (non-hydrogen) atoms. The number of β-amino-alcohol motifs (C(OH)–C–C–N with tert-alkyl or cyclic N) is 1. The molecular weight excluding hydrogens is 412 g/mol. The van der Waals surface area contributed by atoms with Crippen LogP contribution in [0.3, 0.4) is 0 Å². The summed E-state index contributed by atoms with van der Waals surface area (Å²) in [4.78, 5) is 16.3. The van der Waals surface area contributed by atoms with Gasteiger partial charge in [0.05, 0.1) is 12.7 Å². The average Bonchev–Trinajstić information content (AvgIpc) is 2.71. The molecule has 11 heteroatoms. The molecule has 0 radical (unpaired) electrons. The van der Waals surface area contributed by atoms with Crippen molar-refractivity contribution >= 4 is 15.9 Å². The number of ether oxygens (including phenoxy) is 1. The number of nitrogens with zero attached hydrogens (tertiary/aromatic N) is 2. The second kappa shape index (κ2) is 9.25. The highest BCUT2D eigenvalue weighted by atomic mass is 32.2. The Morgan fingerprint density at radius 3 is 2.53 bits per heavy atom. The molecule has 2 saturated heterocycles. The van der Waals surface area contributed by atoms with Crippen molar-refractivity contribution < 1.29 is 28.3 Å². The van der Waals surface area contributed by atoms with Crippen molar-refractivity contribution in [3.8, 4) is 0 Å². The minimum absolute atomic E-state index is 0.0714. The van der Waals surface area contributed by atoms with E-state index >= 15 is 0 Å². The Morgan fingerprint density at radius 2 is 1.93 bits per heavy atom. The molecular formula is C19H30N4O6S. The summed E-state index contributed by atoms with van der Waals surface area (Å²) in [5.74, 6) is -1.12. The Kier molecular flexibility index (Phi) is 7.10. The van der Waals surface area contributed by atoms with Crippen LogP contribution in [0.2, 0.25) is 0 Å². The van der Waals surface area contributed by atoms with E-state index in [1.165, 1.54) is 9.79 Å². The van der Waals surface area contributed by atoms with E-state index in [2.05, 4.69) is 10.3 Å². The van der Waals surface area contributed by atoms with Crippen molar-refractivity contribution in [2.75, 3.05) is 26.2 Å². The zero-order valence-corrected chi connectivity index (χ0v) is 18.1. The molecule has 10 nitrogen and oxygen atoms in total. The van der Waals surface area contributed by atoms with E-state index in [0.29, 0.717) is 26.0 Å². The van der Waals surface area contributed by atoms with Crippen molar-refractivity contribution in [3.63, 3.8) is 0 Å². The van der Waals surface area contributed by atoms with E-state index in [1.807, 2.05) is 26.0 Å². The van der Waals surface area contributed by atoms with E-state index in [4.69, 9.17) is 9.94 Å². The number of aromatic nitrogens is 1. The molecule has 2 unspecified atom stereocenters. The van der Waals surface area contributed by atoms with Crippen LogP contribution in [0, 0.1) is 13.8 Å². The minimum Gasteiger partial charge on any atom is -0.377 e. The molecule has 1 aromatic heterocycles. The number of hydrogen-bond acceptors (Lipinski definition) is 8. The number of carbonyl (C=O) groups is 1. The summed E-state index contributed by atoms with van der Waals surface area (Å²) in [6, 6.07) is 3.94. The van der Waals surface area contributed by atoms with Crippen LogP contribution in [-0.2, 0) is 26.2 Å². The first kappa shape index (κ1) is 23.0. The lowest BCUT2D eigenvalue weighted by Crippen LogP contribution is -2.67. The highest BCUT2D eigenvalue weighted by Crippen LogP contribution is 2.29. The number of nitrogens with one attached hydrogen (secondary N) is 2. The fourth-order valence-corrected chi connectivity index (χ4v) is 6.41. The molecule has 168 valence electrons. The maximum Gasteiger partial charge on any atom is 0.278 e. The number of rotatable bonds is 6. The number of amides is 1. The number of aryl methyl sites for hydroxylation is 2. The van der Waals surface area contributed by atoms with Crippen LogP contribution in [0.4, 0.5) is 0 Å². The van der Waals surface area contributed by atoms with Gasteiger partial charge in [0.25, 0.3) is 5.91 Å². The van der Waals surface area contributed by atoms with Gasteiger partial charge in [-0.3, -0.25) is 15.0 Å².